The molecule has 202 valence electrons. The van der Waals surface area contributed by atoms with Crippen molar-refractivity contribution in [2.45, 2.75) is 25.8 Å². The Morgan fingerprint density at radius 2 is 1.77 bits per heavy atom. The van der Waals surface area contributed by atoms with E-state index in [1.54, 1.807) is 9.80 Å². The van der Waals surface area contributed by atoms with Gasteiger partial charge in [-0.15, -0.1) is 0 Å². The van der Waals surface area contributed by atoms with Gasteiger partial charge in [0.05, 0.1) is 12.6 Å². The van der Waals surface area contributed by atoms with Gasteiger partial charge in [0.15, 0.2) is 17.5 Å². The average Bonchev–Trinajstić information content (AvgIpc) is 3.19. The third-order valence-electron chi connectivity index (χ3n) is 7.07. The number of rotatable bonds is 4. The Morgan fingerprint density at radius 3 is 2.49 bits per heavy atom. The highest BCUT2D eigenvalue weighted by atomic mass is 19.2. The molecule has 1 fully saturated rings. The number of hydrogen-bond donors (Lipinski definition) is 1. The van der Waals surface area contributed by atoms with Crippen molar-refractivity contribution < 1.29 is 23.1 Å². The molecule has 5 rings (SSSR count). The Hall–Kier alpha value is -4.34. The molecule has 0 bridgehead atoms. The zero-order valence-electron chi connectivity index (χ0n) is 22.0. The molecule has 0 atom stereocenters. The van der Waals surface area contributed by atoms with Crippen molar-refractivity contribution in [1.82, 2.24) is 20.1 Å². The zero-order valence-corrected chi connectivity index (χ0v) is 22.0. The molecular weight excluding hydrogens is 504 g/mol. The Balaban J connectivity index is 1.32. The Labute approximate surface area is 225 Å². The number of pyridine rings is 1. The van der Waals surface area contributed by atoms with Gasteiger partial charge in [-0.3, -0.25) is 14.6 Å². The van der Waals surface area contributed by atoms with Crippen molar-refractivity contribution >= 4 is 34.0 Å². The van der Waals surface area contributed by atoms with Crippen LogP contribution in [0, 0.1) is 11.6 Å². The fraction of sp³-hybridized carbons (Fsp3) is 0.310. The number of carbonyl (C=O) groups excluding carboxylic acids is 2. The van der Waals surface area contributed by atoms with Crippen LogP contribution in [0.5, 0.6) is 5.88 Å². The van der Waals surface area contributed by atoms with Crippen LogP contribution in [0.15, 0.2) is 59.7 Å². The molecule has 0 unspecified atom stereocenters. The molecule has 0 saturated carbocycles. The van der Waals surface area contributed by atoms with Gasteiger partial charge in [0.25, 0.3) is 11.8 Å². The highest BCUT2D eigenvalue weighted by Crippen LogP contribution is 2.29. The molecule has 2 amide bonds. The van der Waals surface area contributed by atoms with Crippen LogP contribution in [-0.2, 0) is 4.79 Å². The second kappa shape index (κ2) is 10.4. The lowest BCUT2D eigenvalue weighted by molar-refractivity contribution is -0.132. The largest absolute Gasteiger partial charge is 0.481 e. The summed E-state index contributed by atoms with van der Waals surface area (Å²) in [4.78, 5) is 39.0. The standard InChI is InChI=1S/C29H29F2N5O3/c1-29(2)17-35(27(37)24-14-20-13-22(30)23(31)15-21(20)26(34-24)39-3)11-12-36(29)28(38)25-32-10-9-19(16-33-25)18-7-5-4-6-8-18/h4-8,13-16H,9-12,17H2,1-3H3,(H,32,33). The van der Waals surface area contributed by atoms with Gasteiger partial charge in [-0.25, -0.2) is 13.8 Å². The maximum Gasteiger partial charge on any atom is 0.289 e. The maximum absolute atomic E-state index is 13.9. The predicted molar refractivity (Wildman–Crippen MR) is 144 cm³/mol. The van der Waals surface area contributed by atoms with Crippen LogP contribution in [0.4, 0.5) is 8.78 Å². The Bertz CT molecular complexity index is 1500. The van der Waals surface area contributed by atoms with E-state index in [1.165, 1.54) is 13.2 Å². The number of fused-ring (bicyclic) bond motifs is 1. The number of nitrogens with zero attached hydrogens (tertiary/aromatic N) is 4. The van der Waals surface area contributed by atoms with E-state index in [-0.39, 0.29) is 54.2 Å². The van der Waals surface area contributed by atoms with Crippen LogP contribution in [0.25, 0.3) is 16.3 Å². The van der Waals surface area contributed by atoms with Crippen LogP contribution in [0.1, 0.15) is 36.3 Å². The lowest BCUT2D eigenvalue weighted by atomic mass is 9.98. The zero-order chi connectivity index (χ0) is 27.7. The molecule has 2 aromatic carbocycles. The molecule has 1 saturated heterocycles. The summed E-state index contributed by atoms with van der Waals surface area (Å²) < 4.78 is 32.9. The summed E-state index contributed by atoms with van der Waals surface area (Å²) in [5.41, 5.74) is 1.49. The number of ether oxygens (including phenoxy) is 1. The van der Waals surface area contributed by atoms with Crippen LogP contribution >= 0.6 is 0 Å². The Kier molecular flexibility index (Phi) is 7.03. The van der Waals surface area contributed by atoms with Crippen molar-refractivity contribution in [3.63, 3.8) is 0 Å². The number of methoxy groups -OCH3 is 1. The average molecular weight is 534 g/mol. The molecule has 39 heavy (non-hydrogen) atoms. The molecule has 1 N–H and O–H groups in total. The summed E-state index contributed by atoms with van der Waals surface area (Å²) in [5.74, 6) is -2.37. The van der Waals surface area contributed by atoms with Gasteiger partial charge in [-0.05, 0) is 55.0 Å². The van der Waals surface area contributed by atoms with E-state index in [9.17, 15) is 18.4 Å². The van der Waals surface area contributed by atoms with Gasteiger partial charge in [0, 0.05) is 37.8 Å². The second-order valence-corrected chi connectivity index (χ2v) is 10.2. The molecule has 3 heterocycles. The number of aliphatic imine (C=N–C) groups is 1. The Morgan fingerprint density at radius 1 is 1.03 bits per heavy atom. The first kappa shape index (κ1) is 26.3. The second-order valence-electron chi connectivity index (χ2n) is 10.2. The summed E-state index contributed by atoms with van der Waals surface area (Å²) in [6, 6.07) is 13.4. The van der Waals surface area contributed by atoms with Gasteiger partial charge in [-0.1, -0.05) is 30.3 Å². The molecule has 2 aliphatic rings. The van der Waals surface area contributed by atoms with Crippen LogP contribution in [0.2, 0.25) is 0 Å². The number of benzene rings is 2. The third kappa shape index (κ3) is 5.19. The lowest BCUT2D eigenvalue weighted by Crippen LogP contribution is -2.64. The van der Waals surface area contributed by atoms with Gasteiger partial charge in [0.1, 0.15) is 5.69 Å². The lowest BCUT2D eigenvalue weighted by Gasteiger charge is -2.47. The molecule has 0 radical (unpaired) electrons. The third-order valence-corrected chi connectivity index (χ3v) is 7.07. The van der Waals surface area contributed by atoms with E-state index in [0.717, 1.165) is 23.3 Å². The minimum atomic E-state index is -1.02. The van der Waals surface area contributed by atoms with E-state index in [4.69, 9.17) is 4.74 Å². The van der Waals surface area contributed by atoms with Crippen LogP contribution < -0.4 is 10.1 Å². The normalized spacial score (nSPS) is 17.2. The van der Waals surface area contributed by atoms with E-state index in [1.807, 2.05) is 50.4 Å². The van der Waals surface area contributed by atoms with E-state index in [0.29, 0.717) is 18.4 Å². The number of piperazine rings is 1. The molecule has 3 aromatic rings. The molecule has 2 aliphatic heterocycles. The quantitative estimate of drug-likeness (QED) is 0.548. The summed E-state index contributed by atoms with van der Waals surface area (Å²) >= 11 is 0. The SMILES string of the molecule is COc1nc(C(=O)N2CCN(C(=O)C3=NCCC(c4ccccc4)=CN3)C(C)(C)C2)cc2cc(F)c(F)cc12. The predicted octanol–water partition coefficient (Wildman–Crippen LogP) is 4.02. The number of nitrogens with one attached hydrogen (secondary N) is 1. The van der Waals surface area contributed by atoms with Crippen molar-refractivity contribution in [3.8, 4) is 5.88 Å². The number of carbonyl (C=O) groups is 2. The summed E-state index contributed by atoms with van der Waals surface area (Å²) in [6.45, 7) is 5.06. The maximum atomic E-state index is 13.9. The van der Waals surface area contributed by atoms with Crippen LogP contribution in [0.3, 0.4) is 0 Å². The number of hydrogen-bond acceptors (Lipinski definition) is 6. The monoisotopic (exact) mass is 533 g/mol. The van der Waals surface area contributed by atoms with Crippen molar-refractivity contribution in [1.29, 1.82) is 0 Å². The van der Waals surface area contributed by atoms with Crippen molar-refractivity contribution in [2.24, 2.45) is 4.99 Å². The minimum absolute atomic E-state index is 0.0307. The highest BCUT2D eigenvalue weighted by molar-refractivity contribution is 6.38. The minimum Gasteiger partial charge on any atom is -0.481 e. The first-order valence-corrected chi connectivity index (χ1v) is 12.7. The van der Waals surface area contributed by atoms with E-state index < -0.39 is 17.2 Å². The number of amidine groups is 1. The topological polar surface area (TPSA) is 87.1 Å². The fourth-order valence-electron chi connectivity index (χ4n) is 5.05. The number of amides is 2. The van der Waals surface area contributed by atoms with Crippen molar-refractivity contribution in [2.75, 3.05) is 33.3 Å². The number of halogens is 2. The molecule has 10 heteroatoms. The van der Waals surface area contributed by atoms with E-state index >= 15 is 0 Å². The van der Waals surface area contributed by atoms with Gasteiger partial charge >= 0.3 is 0 Å². The van der Waals surface area contributed by atoms with Crippen LogP contribution in [-0.4, -0.2) is 71.3 Å². The first-order valence-electron chi connectivity index (χ1n) is 12.7. The summed E-state index contributed by atoms with van der Waals surface area (Å²) in [7, 11) is 1.35. The molecule has 0 spiro atoms. The highest BCUT2D eigenvalue weighted by Gasteiger charge is 2.40. The first-order chi connectivity index (χ1) is 18.7. The van der Waals surface area contributed by atoms with E-state index in [2.05, 4.69) is 15.3 Å². The molecule has 1 aromatic heterocycles. The fourth-order valence-corrected chi connectivity index (χ4v) is 5.05. The van der Waals surface area contributed by atoms with Crippen molar-refractivity contribution in [3.05, 3.63) is 77.6 Å². The molecular formula is C29H29F2N5O3. The summed E-state index contributed by atoms with van der Waals surface area (Å²) in [5, 5.41) is 3.67. The van der Waals surface area contributed by atoms with Gasteiger partial charge in [-0.2, -0.15) is 0 Å². The molecule has 0 aliphatic carbocycles. The van der Waals surface area contributed by atoms with Gasteiger partial charge in [0.2, 0.25) is 5.88 Å². The van der Waals surface area contributed by atoms with Gasteiger partial charge < -0.3 is 19.9 Å². The summed E-state index contributed by atoms with van der Waals surface area (Å²) in [6.07, 6.45) is 2.54. The molecule has 8 nitrogen and oxygen atoms in total. The smallest absolute Gasteiger partial charge is 0.289 e. The number of aromatic nitrogens is 1.